The second kappa shape index (κ2) is 3.64. The van der Waals surface area contributed by atoms with Gasteiger partial charge < -0.3 is 10.7 Å². The van der Waals surface area contributed by atoms with E-state index in [0.717, 1.165) is 27.9 Å². The Kier molecular flexibility index (Phi) is 2.48. The first kappa shape index (κ1) is 9.56. The second-order valence-electron chi connectivity index (χ2n) is 3.36. The van der Waals surface area contributed by atoms with Crippen LogP contribution in [0.5, 0.6) is 0 Å². The maximum Gasteiger partial charge on any atom is 0.0461 e. The SMILES string of the molecule is CCc1cc2[nH]cc(CN)c2cc1Cl. The quantitative estimate of drug-likeness (QED) is 0.783. The Morgan fingerprint density at radius 2 is 2.14 bits per heavy atom. The number of hydrogen-bond donors (Lipinski definition) is 2. The fourth-order valence-corrected chi connectivity index (χ4v) is 1.98. The molecule has 2 aromatic rings. The zero-order valence-electron chi connectivity index (χ0n) is 8.10. The molecule has 0 bridgehead atoms. The number of nitrogens with one attached hydrogen (secondary N) is 1. The number of rotatable bonds is 2. The van der Waals surface area contributed by atoms with E-state index in [1.165, 1.54) is 5.56 Å². The molecule has 0 fully saturated rings. The molecule has 3 N–H and O–H groups in total. The van der Waals surface area contributed by atoms with Crippen molar-refractivity contribution >= 4 is 22.5 Å². The predicted octanol–water partition coefficient (Wildman–Crippen LogP) is 2.84. The molecule has 3 heteroatoms. The van der Waals surface area contributed by atoms with Crippen molar-refractivity contribution in [2.24, 2.45) is 5.73 Å². The van der Waals surface area contributed by atoms with E-state index in [-0.39, 0.29) is 0 Å². The number of H-pyrrole nitrogens is 1. The maximum atomic E-state index is 6.13. The third-order valence-electron chi connectivity index (χ3n) is 2.54. The number of nitrogens with two attached hydrogens (primary N) is 1. The number of halogens is 1. The molecule has 0 atom stereocenters. The monoisotopic (exact) mass is 208 g/mol. The van der Waals surface area contributed by atoms with Crippen LogP contribution >= 0.6 is 11.6 Å². The molecule has 0 aliphatic rings. The number of aryl methyl sites for hydroxylation is 1. The highest BCUT2D eigenvalue weighted by Crippen LogP contribution is 2.26. The average Bonchev–Trinajstić information content (AvgIpc) is 2.58. The lowest BCUT2D eigenvalue weighted by atomic mass is 10.1. The van der Waals surface area contributed by atoms with Gasteiger partial charge in [0.05, 0.1) is 0 Å². The molecule has 0 unspecified atom stereocenters. The van der Waals surface area contributed by atoms with Crippen LogP contribution in [0.25, 0.3) is 10.9 Å². The Morgan fingerprint density at radius 1 is 1.36 bits per heavy atom. The predicted molar refractivity (Wildman–Crippen MR) is 60.6 cm³/mol. The Morgan fingerprint density at radius 3 is 2.79 bits per heavy atom. The molecular weight excluding hydrogens is 196 g/mol. The van der Waals surface area contributed by atoms with E-state index in [9.17, 15) is 0 Å². The van der Waals surface area contributed by atoms with Gasteiger partial charge in [0.15, 0.2) is 0 Å². The molecule has 1 heterocycles. The summed E-state index contributed by atoms with van der Waals surface area (Å²) >= 11 is 6.13. The Hall–Kier alpha value is -0.990. The van der Waals surface area contributed by atoms with E-state index in [1.807, 2.05) is 12.3 Å². The highest BCUT2D eigenvalue weighted by atomic mass is 35.5. The van der Waals surface area contributed by atoms with Gasteiger partial charge in [-0.3, -0.25) is 0 Å². The minimum absolute atomic E-state index is 0.543. The summed E-state index contributed by atoms with van der Waals surface area (Å²) in [6.45, 7) is 2.64. The first-order chi connectivity index (χ1) is 6.76. The van der Waals surface area contributed by atoms with Gasteiger partial charge in [-0.15, -0.1) is 0 Å². The molecule has 0 radical (unpaired) electrons. The third-order valence-corrected chi connectivity index (χ3v) is 2.89. The standard InChI is InChI=1S/C11H13ClN2/c1-2-7-3-11-9(4-10(7)12)8(5-13)6-14-11/h3-4,6,14H,2,5,13H2,1H3. The van der Waals surface area contributed by atoms with Crippen molar-refractivity contribution in [2.45, 2.75) is 19.9 Å². The fourth-order valence-electron chi connectivity index (χ4n) is 1.69. The number of benzene rings is 1. The van der Waals surface area contributed by atoms with Crippen LogP contribution in [0.2, 0.25) is 5.02 Å². The molecule has 2 nitrogen and oxygen atoms in total. The molecule has 0 aliphatic heterocycles. The summed E-state index contributed by atoms with van der Waals surface area (Å²) < 4.78 is 0. The van der Waals surface area contributed by atoms with Gasteiger partial charge in [0.25, 0.3) is 0 Å². The fraction of sp³-hybridized carbons (Fsp3) is 0.273. The highest BCUT2D eigenvalue weighted by Gasteiger charge is 2.05. The molecule has 0 saturated heterocycles. The molecule has 0 aliphatic carbocycles. The van der Waals surface area contributed by atoms with Crippen molar-refractivity contribution < 1.29 is 0 Å². The van der Waals surface area contributed by atoms with Crippen molar-refractivity contribution in [3.8, 4) is 0 Å². The minimum atomic E-state index is 0.543. The van der Waals surface area contributed by atoms with Crippen molar-refractivity contribution in [1.29, 1.82) is 0 Å². The van der Waals surface area contributed by atoms with Crippen LogP contribution < -0.4 is 5.73 Å². The minimum Gasteiger partial charge on any atom is -0.361 e. The van der Waals surface area contributed by atoms with E-state index in [4.69, 9.17) is 17.3 Å². The van der Waals surface area contributed by atoms with Crippen molar-refractivity contribution in [3.05, 3.63) is 34.5 Å². The van der Waals surface area contributed by atoms with E-state index in [0.29, 0.717) is 6.54 Å². The van der Waals surface area contributed by atoms with E-state index in [2.05, 4.69) is 18.0 Å². The van der Waals surface area contributed by atoms with Crippen LogP contribution in [-0.2, 0) is 13.0 Å². The third kappa shape index (κ3) is 1.41. The number of fused-ring (bicyclic) bond motifs is 1. The largest absolute Gasteiger partial charge is 0.361 e. The molecule has 1 aromatic heterocycles. The first-order valence-electron chi connectivity index (χ1n) is 4.74. The summed E-state index contributed by atoms with van der Waals surface area (Å²) in [6.07, 6.45) is 2.90. The second-order valence-corrected chi connectivity index (χ2v) is 3.77. The van der Waals surface area contributed by atoms with Gasteiger partial charge in [-0.05, 0) is 29.7 Å². The molecule has 2 rings (SSSR count). The van der Waals surface area contributed by atoms with Crippen LogP contribution in [0.4, 0.5) is 0 Å². The van der Waals surface area contributed by atoms with Gasteiger partial charge in [-0.1, -0.05) is 18.5 Å². The molecule has 74 valence electrons. The lowest BCUT2D eigenvalue weighted by Crippen LogP contribution is -1.94. The summed E-state index contributed by atoms with van der Waals surface area (Å²) in [4.78, 5) is 3.20. The van der Waals surface area contributed by atoms with Gasteiger partial charge >= 0.3 is 0 Å². The summed E-state index contributed by atoms with van der Waals surface area (Å²) in [5, 5.41) is 1.96. The van der Waals surface area contributed by atoms with Crippen molar-refractivity contribution in [1.82, 2.24) is 4.98 Å². The molecule has 1 aromatic carbocycles. The zero-order chi connectivity index (χ0) is 10.1. The lowest BCUT2D eigenvalue weighted by Gasteiger charge is -2.01. The Bertz CT molecular complexity index is 460. The molecule has 0 amide bonds. The Labute approximate surface area is 88.1 Å². The van der Waals surface area contributed by atoms with E-state index in [1.54, 1.807) is 0 Å². The topological polar surface area (TPSA) is 41.8 Å². The molecule has 0 saturated carbocycles. The van der Waals surface area contributed by atoms with Crippen LogP contribution in [0.3, 0.4) is 0 Å². The van der Waals surface area contributed by atoms with Gasteiger partial charge in [-0.2, -0.15) is 0 Å². The highest BCUT2D eigenvalue weighted by molar-refractivity contribution is 6.32. The molecule has 14 heavy (non-hydrogen) atoms. The lowest BCUT2D eigenvalue weighted by molar-refractivity contribution is 1.08. The van der Waals surface area contributed by atoms with E-state index < -0.39 is 0 Å². The summed E-state index contributed by atoms with van der Waals surface area (Å²) in [7, 11) is 0. The number of aromatic amines is 1. The maximum absolute atomic E-state index is 6.13. The zero-order valence-corrected chi connectivity index (χ0v) is 8.86. The summed E-state index contributed by atoms with van der Waals surface area (Å²) in [5.74, 6) is 0. The average molecular weight is 209 g/mol. The van der Waals surface area contributed by atoms with Crippen LogP contribution in [-0.4, -0.2) is 4.98 Å². The van der Waals surface area contributed by atoms with Crippen molar-refractivity contribution in [3.63, 3.8) is 0 Å². The van der Waals surface area contributed by atoms with E-state index >= 15 is 0 Å². The van der Waals surface area contributed by atoms with Crippen LogP contribution in [0, 0.1) is 0 Å². The summed E-state index contributed by atoms with van der Waals surface area (Å²) in [6, 6.07) is 4.09. The Balaban J connectivity index is 2.69. The van der Waals surface area contributed by atoms with Gasteiger partial charge in [0.2, 0.25) is 0 Å². The van der Waals surface area contributed by atoms with Gasteiger partial charge in [0.1, 0.15) is 0 Å². The normalized spacial score (nSPS) is 11.1. The number of hydrogen-bond acceptors (Lipinski definition) is 1. The van der Waals surface area contributed by atoms with Crippen LogP contribution in [0.1, 0.15) is 18.1 Å². The van der Waals surface area contributed by atoms with Crippen LogP contribution in [0.15, 0.2) is 18.3 Å². The summed E-state index contributed by atoms with van der Waals surface area (Å²) in [5.41, 5.74) is 9.02. The molecule has 0 spiro atoms. The first-order valence-corrected chi connectivity index (χ1v) is 5.12. The molecular formula is C11H13ClN2. The van der Waals surface area contributed by atoms with Gasteiger partial charge in [0, 0.05) is 28.7 Å². The smallest absolute Gasteiger partial charge is 0.0461 e. The van der Waals surface area contributed by atoms with Crippen molar-refractivity contribution in [2.75, 3.05) is 0 Å². The van der Waals surface area contributed by atoms with Gasteiger partial charge in [-0.25, -0.2) is 0 Å². The number of aromatic nitrogens is 1.